The average molecular weight is 369 g/mol. The molecule has 1 aromatic rings. The van der Waals surface area contributed by atoms with Crippen molar-refractivity contribution in [2.45, 2.75) is 36.0 Å². The van der Waals surface area contributed by atoms with Gasteiger partial charge in [0.1, 0.15) is 0 Å². The zero-order chi connectivity index (χ0) is 16.0. The maximum Gasteiger partial charge on any atom is 0.181 e. The predicted octanol–water partition coefficient (Wildman–Crippen LogP) is 1.43. The summed E-state index contributed by atoms with van der Waals surface area (Å²) in [5.41, 5.74) is 12.2. The van der Waals surface area contributed by atoms with Gasteiger partial charge < -0.3 is 11.5 Å². The second kappa shape index (κ2) is 9.47. The Hall–Kier alpha value is -0.660. The lowest BCUT2D eigenvalue weighted by molar-refractivity contribution is -0.118. The number of ketones is 1. The molecule has 126 valence electrons. The number of carbonyl (C=O) groups is 1. The van der Waals surface area contributed by atoms with E-state index < -0.39 is 21.1 Å². The third-order valence-corrected chi connectivity index (χ3v) is 5.84. The number of aryl methyl sites for hydroxylation is 1. The maximum absolute atomic E-state index is 12.6. The Morgan fingerprint density at radius 1 is 1.27 bits per heavy atom. The minimum absolute atomic E-state index is 0. The summed E-state index contributed by atoms with van der Waals surface area (Å²) in [6, 6.07) is 5.69. The summed E-state index contributed by atoms with van der Waals surface area (Å²) in [5, 5.41) is -0.785. The van der Waals surface area contributed by atoms with Crippen molar-refractivity contribution in [1.82, 2.24) is 0 Å². The number of alkyl halides is 1. The third kappa shape index (κ3) is 5.52. The Morgan fingerprint density at radius 2 is 1.82 bits per heavy atom. The first-order valence-electron chi connectivity index (χ1n) is 6.67. The zero-order valence-electron chi connectivity index (χ0n) is 12.4. The van der Waals surface area contributed by atoms with Gasteiger partial charge in [-0.1, -0.05) is 17.7 Å². The van der Waals surface area contributed by atoms with Gasteiger partial charge in [0.25, 0.3) is 0 Å². The highest BCUT2D eigenvalue weighted by molar-refractivity contribution is 7.92. The molecule has 5 nitrogen and oxygen atoms in total. The van der Waals surface area contributed by atoms with Crippen molar-refractivity contribution < 1.29 is 13.2 Å². The van der Waals surface area contributed by atoms with Crippen LogP contribution in [-0.2, 0) is 14.6 Å². The molecule has 1 rings (SSSR count). The molecule has 1 unspecified atom stereocenters. The van der Waals surface area contributed by atoms with Crippen molar-refractivity contribution in [1.29, 1.82) is 0 Å². The molecule has 0 aliphatic carbocycles. The minimum Gasteiger partial charge on any atom is -0.330 e. The number of halogens is 2. The highest BCUT2D eigenvalue weighted by atomic mass is 35.5. The van der Waals surface area contributed by atoms with E-state index in [2.05, 4.69) is 0 Å². The number of sulfone groups is 1. The molecule has 0 saturated heterocycles. The number of Topliss-reactive ketones (excluding diaryl/α,β-unsaturated/α-hetero) is 1. The summed E-state index contributed by atoms with van der Waals surface area (Å²) >= 11 is 5.45. The molecule has 0 aliphatic rings. The highest BCUT2D eigenvalue weighted by Gasteiger charge is 2.30. The summed E-state index contributed by atoms with van der Waals surface area (Å²) in [4.78, 5) is 11.7. The van der Waals surface area contributed by atoms with Gasteiger partial charge in [0, 0.05) is 0 Å². The van der Waals surface area contributed by atoms with Crippen LogP contribution in [0.1, 0.15) is 18.4 Å². The standard InChI is InChI=1S/C14H21ClN2O3S.ClH/c1-10-2-4-11(5-3-10)21(19,20)12(6-7-16)8-13(17)14(18)9-15;/h2-5,12-13H,6-9,16-17H2,1H3;1H/t12?,13-;/m0./s1. The van der Waals surface area contributed by atoms with Gasteiger partial charge >= 0.3 is 0 Å². The van der Waals surface area contributed by atoms with Crippen LogP contribution in [-0.4, -0.2) is 37.9 Å². The summed E-state index contributed by atoms with van der Waals surface area (Å²) in [6.07, 6.45) is 0.276. The van der Waals surface area contributed by atoms with Gasteiger partial charge in [0.05, 0.1) is 22.1 Å². The fourth-order valence-corrected chi connectivity index (χ4v) is 4.03. The van der Waals surface area contributed by atoms with Crippen LogP contribution in [0.3, 0.4) is 0 Å². The van der Waals surface area contributed by atoms with Crippen LogP contribution in [0.4, 0.5) is 0 Å². The number of carbonyl (C=O) groups excluding carboxylic acids is 1. The van der Waals surface area contributed by atoms with Gasteiger partial charge in [-0.15, -0.1) is 24.0 Å². The first kappa shape index (κ1) is 21.3. The van der Waals surface area contributed by atoms with Crippen molar-refractivity contribution in [3.8, 4) is 0 Å². The van der Waals surface area contributed by atoms with Crippen molar-refractivity contribution in [3.05, 3.63) is 29.8 Å². The Bertz CT molecular complexity index is 576. The SMILES string of the molecule is Cc1ccc(S(=O)(=O)C(CCN)C[C@H](N)C(=O)CCl)cc1.Cl. The van der Waals surface area contributed by atoms with Crippen LogP contribution >= 0.6 is 24.0 Å². The normalized spacial score (nSPS) is 14.0. The van der Waals surface area contributed by atoms with Crippen molar-refractivity contribution in [2.75, 3.05) is 12.4 Å². The lowest BCUT2D eigenvalue weighted by atomic mass is 10.1. The molecule has 0 aromatic heterocycles. The van der Waals surface area contributed by atoms with Crippen molar-refractivity contribution >= 4 is 39.6 Å². The molecule has 0 fully saturated rings. The fraction of sp³-hybridized carbons (Fsp3) is 0.500. The molecular weight excluding hydrogens is 347 g/mol. The predicted molar refractivity (Wildman–Crippen MR) is 91.4 cm³/mol. The third-order valence-electron chi connectivity index (χ3n) is 3.34. The average Bonchev–Trinajstić information content (AvgIpc) is 2.46. The minimum atomic E-state index is -3.57. The van der Waals surface area contributed by atoms with Crippen LogP contribution in [0.25, 0.3) is 0 Å². The van der Waals surface area contributed by atoms with Crippen molar-refractivity contribution in [2.24, 2.45) is 11.5 Å². The Balaban J connectivity index is 0.00000441. The summed E-state index contributed by atoms with van der Waals surface area (Å²) < 4.78 is 25.2. The van der Waals surface area contributed by atoms with Crippen LogP contribution < -0.4 is 11.5 Å². The second-order valence-corrected chi connectivity index (χ2v) is 7.49. The van der Waals surface area contributed by atoms with E-state index in [9.17, 15) is 13.2 Å². The molecule has 2 atom stereocenters. The van der Waals surface area contributed by atoms with Gasteiger partial charge in [-0.05, 0) is 38.4 Å². The van der Waals surface area contributed by atoms with E-state index >= 15 is 0 Å². The topological polar surface area (TPSA) is 103 Å². The van der Waals surface area contributed by atoms with Gasteiger partial charge in [-0.3, -0.25) is 4.79 Å². The van der Waals surface area contributed by atoms with E-state index in [4.69, 9.17) is 23.1 Å². The quantitative estimate of drug-likeness (QED) is 0.675. The lowest BCUT2D eigenvalue weighted by Crippen LogP contribution is -2.38. The molecule has 1 aromatic carbocycles. The molecule has 0 bridgehead atoms. The van der Waals surface area contributed by atoms with Crippen LogP contribution in [0.2, 0.25) is 0 Å². The van der Waals surface area contributed by atoms with Crippen LogP contribution in [0, 0.1) is 6.92 Å². The molecule has 8 heteroatoms. The number of hydrogen-bond donors (Lipinski definition) is 2. The van der Waals surface area contributed by atoms with Gasteiger partial charge in [-0.2, -0.15) is 0 Å². The number of hydrogen-bond acceptors (Lipinski definition) is 5. The van der Waals surface area contributed by atoms with E-state index in [1.807, 2.05) is 6.92 Å². The zero-order valence-corrected chi connectivity index (χ0v) is 14.8. The van der Waals surface area contributed by atoms with Gasteiger partial charge in [0.15, 0.2) is 15.6 Å². The lowest BCUT2D eigenvalue weighted by Gasteiger charge is -2.20. The van der Waals surface area contributed by atoms with E-state index in [1.54, 1.807) is 24.3 Å². The molecule has 0 aliphatic heterocycles. The molecule has 0 radical (unpaired) electrons. The molecule has 22 heavy (non-hydrogen) atoms. The maximum atomic E-state index is 12.6. The Morgan fingerprint density at radius 3 is 2.27 bits per heavy atom. The molecule has 0 spiro atoms. The summed E-state index contributed by atoms with van der Waals surface area (Å²) in [6.45, 7) is 2.08. The second-order valence-electron chi connectivity index (χ2n) is 5.00. The van der Waals surface area contributed by atoms with Gasteiger partial charge in [-0.25, -0.2) is 8.42 Å². The largest absolute Gasteiger partial charge is 0.330 e. The smallest absolute Gasteiger partial charge is 0.181 e. The summed E-state index contributed by atoms with van der Waals surface area (Å²) in [5.74, 6) is -0.584. The molecule has 0 saturated carbocycles. The molecule has 4 N–H and O–H groups in total. The molecular formula is C14H22Cl2N2O3S. The molecule has 0 heterocycles. The number of rotatable bonds is 8. The van der Waals surface area contributed by atoms with E-state index in [1.165, 1.54) is 0 Å². The first-order chi connectivity index (χ1) is 9.82. The molecule has 0 amide bonds. The highest BCUT2D eigenvalue weighted by Crippen LogP contribution is 2.22. The van der Waals surface area contributed by atoms with E-state index in [0.29, 0.717) is 0 Å². The number of benzene rings is 1. The van der Waals surface area contributed by atoms with Crippen molar-refractivity contribution in [3.63, 3.8) is 0 Å². The van der Waals surface area contributed by atoms with E-state index in [0.717, 1.165) is 5.56 Å². The Kier molecular flexibility index (Phi) is 9.19. The van der Waals surface area contributed by atoms with Crippen LogP contribution in [0.5, 0.6) is 0 Å². The van der Waals surface area contributed by atoms with E-state index in [-0.39, 0.29) is 48.4 Å². The fourth-order valence-electron chi connectivity index (χ4n) is 2.02. The number of nitrogens with two attached hydrogens (primary N) is 2. The van der Waals surface area contributed by atoms with Gasteiger partial charge in [0.2, 0.25) is 0 Å². The Labute approximate surface area is 142 Å². The monoisotopic (exact) mass is 368 g/mol. The first-order valence-corrected chi connectivity index (χ1v) is 8.76. The summed E-state index contributed by atoms with van der Waals surface area (Å²) in [7, 11) is -3.57. The van der Waals surface area contributed by atoms with Crippen LogP contribution in [0.15, 0.2) is 29.2 Å².